The lowest BCUT2D eigenvalue weighted by atomic mass is 9.95. The Bertz CT molecular complexity index is 672. The molecule has 0 saturated carbocycles. The lowest BCUT2D eigenvalue weighted by Crippen LogP contribution is -2.47. The highest BCUT2D eigenvalue weighted by molar-refractivity contribution is 6.31. The number of carbonyl (C=O) groups is 1. The highest BCUT2D eigenvalue weighted by Gasteiger charge is 2.35. The molecule has 2 heterocycles. The minimum absolute atomic E-state index is 0.0752. The van der Waals surface area contributed by atoms with Crippen molar-refractivity contribution in [2.75, 3.05) is 31.6 Å². The second-order valence-electron chi connectivity index (χ2n) is 6.84. The molecule has 1 amide bonds. The van der Waals surface area contributed by atoms with Crippen LogP contribution in [0.4, 0.5) is 18.9 Å². The van der Waals surface area contributed by atoms with Crippen LogP contribution in [-0.2, 0) is 20.4 Å². The first-order valence-corrected chi connectivity index (χ1v) is 9.28. The normalized spacial score (nSPS) is 21.4. The van der Waals surface area contributed by atoms with Crippen LogP contribution in [0.15, 0.2) is 18.2 Å². The molecular formula is C18H22ClF3N2O3. The van der Waals surface area contributed by atoms with Crippen molar-refractivity contribution < 1.29 is 27.4 Å². The summed E-state index contributed by atoms with van der Waals surface area (Å²) in [6, 6.07) is 2.90. The zero-order valence-corrected chi connectivity index (χ0v) is 15.6. The van der Waals surface area contributed by atoms with Gasteiger partial charge in [0.1, 0.15) is 0 Å². The lowest BCUT2D eigenvalue weighted by Gasteiger charge is -2.36. The van der Waals surface area contributed by atoms with Gasteiger partial charge in [-0.3, -0.25) is 9.69 Å². The third kappa shape index (κ3) is 4.93. The smallest absolute Gasteiger partial charge is 0.350 e. The Kier molecular flexibility index (Phi) is 6.30. The molecule has 1 aromatic carbocycles. The number of benzene rings is 1. The molecule has 2 aliphatic rings. The van der Waals surface area contributed by atoms with Crippen molar-refractivity contribution in [3.05, 3.63) is 28.8 Å². The average molecular weight is 407 g/mol. The summed E-state index contributed by atoms with van der Waals surface area (Å²) in [7, 11) is 0. The zero-order chi connectivity index (χ0) is 19.6. The molecule has 5 nitrogen and oxygen atoms in total. The Morgan fingerprint density at radius 3 is 2.48 bits per heavy atom. The molecule has 1 N–H and O–H groups in total. The molecule has 1 aromatic rings. The Morgan fingerprint density at radius 1 is 1.26 bits per heavy atom. The first-order chi connectivity index (χ1) is 12.8. The topological polar surface area (TPSA) is 50.8 Å². The summed E-state index contributed by atoms with van der Waals surface area (Å²) in [6.07, 6.45) is -3.04. The van der Waals surface area contributed by atoms with E-state index in [0.29, 0.717) is 32.2 Å². The van der Waals surface area contributed by atoms with Gasteiger partial charge in [0.15, 0.2) is 6.29 Å². The van der Waals surface area contributed by atoms with Crippen molar-refractivity contribution >= 4 is 23.2 Å². The summed E-state index contributed by atoms with van der Waals surface area (Å²) in [5.41, 5.74) is -0.891. The second-order valence-corrected chi connectivity index (χ2v) is 7.25. The second kappa shape index (κ2) is 8.34. The maximum Gasteiger partial charge on any atom is 0.417 e. The van der Waals surface area contributed by atoms with Crippen LogP contribution in [0.3, 0.4) is 0 Å². The van der Waals surface area contributed by atoms with Crippen molar-refractivity contribution in [3.8, 4) is 0 Å². The molecule has 3 rings (SSSR count). The monoisotopic (exact) mass is 406 g/mol. The van der Waals surface area contributed by atoms with Crippen LogP contribution in [0.2, 0.25) is 5.02 Å². The highest BCUT2D eigenvalue weighted by atomic mass is 35.5. The Balaban J connectivity index is 1.57. The van der Waals surface area contributed by atoms with Crippen LogP contribution >= 0.6 is 11.6 Å². The first-order valence-electron chi connectivity index (χ1n) is 8.90. The Morgan fingerprint density at radius 2 is 1.89 bits per heavy atom. The number of nitrogens with zero attached hydrogens (tertiary/aromatic N) is 1. The van der Waals surface area contributed by atoms with Crippen molar-refractivity contribution in [3.63, 3.8) is 0 Å². The van der Waals surface area contributed by atoms with E-state index in [1.807, 2.05) is 4.90 Å². The third-order valence-corrected chi connectivity index (χ3v) is 5.40. The van der Waals surface area contributed by atoms with Gasteiger partial charge in [-0.05, 0) is 51.1 Å². The fraction of sp³-hybridized carbons (Fsp3) is 0.611. The van der Waals surface area contributed by atoms with Crippen LogP contribution in [0.25, 0.3) is 0 Å². The predicted octanol–water partition coefficient (Wildman–Crippen LogP) is 3.77. The maximum absolute atomic E-state index is 13.0. The van der Waals surface area contributed by atoms with E-state index in [2.05, 4.69) is 5.32 Å². The molecule has 0 radical (unpaired) electrons. The number of anilines is 1. The van der Waals surface area contributed by atoms with E-state index in [9.17, 15) is 18.0 Å². The number of rotatable bonds is 4. The highest BCUT2D eigenvalue weighted by Crippen LogP contribution is 2.36. The number of halogens is 4. The number of amides is 1. The summed E-state index contributed by atoms with van der Waals surface area (Å²) in [5.74, 6) is -0.0399. The van der Waals surface area contributed by atoms with Gasteiger partial charge < -0.3 is 14.8 Å². The number of hydrogen-bond acceptors (Lipinski definition) is 4. The van der Waals surface area contributed by atoms with E-state index in [0.717, 1.165) is 25.0 Å². The van der Waals surface area contributed by atoms with Gasteiger partial charge in [0.05, 0.1) is 29.8 Å². The van der Waals surface area contributed by atoms with E-state index >= 15 is 0 Å². The number of ether oxygens (including phenoxy) is 2. The summed E-state index contributed by atoms with van der Waals surface area (Å²) in [4.78, 5) is 14.5. The minimum atomic E-state index is -4.57. The molecule has 9 heteroatoms. The first kappa shape index (κ1) is 20.4. The zero-order valence-electron chi connectivity index (χ0n) is 14.9. The quantitative estimate of drug-likeness (QED) is 0.827. The predicted molar refractivity (Wildman–Crippen MR) is 94.5 cm³/mol. The summed E-state index contributed by atoms with van der Waals surface area (Å²) in [5, 5.41) is 2.16. The van der Waals surface area contributed by atoms with Crippen LogP contribution in [0, 0.1) is 5.92 Å². The van der Waals surface area contributed by atoms with E-state index in [-0.39, 0.29) is 17.9 Å². The van der Waals surface area contributed by atoms with Crippen molar-refractivity contribution in [2.24, 2.45) is 5.92 Å². The van der Waals surface area contributed by atoms with Gasteiger partial charge >= 0.3 is 6.18 Å². The van der Waals surface area contributed by atoms with Gasteiger partial charge in [0, 0.05) is 11.6 Å². The number of likely N-dealkylation sites (tertiary alicyclic amines) is 1. The van der Waals surface area contributed by atoms with Crippen LogP contribution in [-0.4, -0.2) is 49.4 Å². The van der Waals surface area contributed by atoms with Crippen molar-refractivity contribution in [1.82, 2.24) is 4.90 Å². The molecule has 2 saturated heterocycles. The molecular weight excluding hydrogens is 385 g/mol. The number of piperidine rings is 1. The molecule has 2 fully saturated rings. The third-order valence-electron chi connectivity index (χ3n) is 5.07. The minimum Gasteiger partial charge on any atom is -0.350 e. The van der Waals surface area contributed by atoms with Crippen molar-refractivity contribution in [1.29, 1.82) is 0 Å². The van der Waals surface area contributed by atoms with Gasteiger partial charge in [-0.25, -0.2) is 0 Å². The molecule has 1 atom stereocenters. The number of hydrogen-bond donors (Lipinski definition) is 1. The number of carbonyl (C=O) groups excluding carboxylic acids is 1. The van der Waals surface area contributed by atoms with Gasteiger partial charge in [-0.1, -0.05) is 11.6 Å². The Labute approximate surface area is 160 Å². The molecule has 0 bridgehead atoms. The largest absolute Gasteiger partial charge is 0.417 e. The molecule has 150 valence electrons. The van der Waals surface area contributed by atoms with E-state index in [1.54, 1.807) is 6.92 Å². The molecule has 2 aliphatic heterocycles. The van der Waals surface area contributed by atoms with E-state index in [4.69, 9.17) is 21.1 Å². The maximum atomic E-state index is 13.0. The standard InChI is InChI=1S/C18H22ClF3N2O3/c1-11(24-6-4-12(5-7-24)17-26-8-9-27-17)16(25)23-13-2-3-15(19)14(10-13)18(20,21)22/h2-3,10-12,17H,4-9H2,1H3,(H,23,25). The summed E-state index contributed by atoms with van der Waals surface area (Å²) >= 11 is 5.61. The fourth-order valence-corrected chi connectivity index (χ4v) is 3.69. The van der Waals surface area contributed by atoms with Gasteiger partial charge in [0.2, 0.25) is 5.91 Å². The van der Waals surface area contributed by atoms with E-state index in [1.165, 1.54) is 6.07 Å². The van der Waals surface area contributed by atoms with Gasteiger partial charge in [-0.15, -0.1) is 0 Å². The number of nitrogens with one attached hydrogen (secondary N) is 1. The fourth-order valence-electron chi connectivity index (χ4n) is 3.46. The SMILES string of the molecule is CC(C(=O)Nc1ccc(Cl)c(C(F)(F)F)c1)N1CCC(C2OCCO2)CC1. The lowest BCUT2D eigenvalue weighted by molar-refractivity contribution is -0.137. The average Bonchev–Trinajstić information content (AvgIpc) is 3.16. The molecule has 27 heavy (non-hydrogen) atoms. The van der Waals surface area contributed by atoms with Gasteiger partial charge in [-0.2, -0.15) is 13.2 Å². The van der Waals surface area contributed by atoms with Crippen LogP contribution in [0.1, 0.15) is 25.3 Å². The van der Waals surface area contributed by atoms with Crippen LogP contribution < -0.4 is 5.32 Å². The van der Waals surface area contributed by atoms with Crippen molar-refractivity contribution in [2.45, 2.75) is 38.3 Å². The van der Waals surface area contributed by atoms with Crippen LogP contribution in [0.5, 0.6) is 0 Å². The molecule has 1 unspecified atom stereocenters. The van der Waals surface area contributed by atoms with E-state index < -0.39 is 22.8 Å². The molecule has 0 aliphatic carbocycles. The summed E-state index contributed by atoms with van der Waals surface area (Å²) in [6.45, 7) is 4.39. The summed E-state index contributed by atoms with van der Waals surface area (Å²) < 4.78 is 49.9. The Hall–Kier alpha value is -1.35. The number of alkyl halides is 3. The molecule has 0 spiro atoms. The van der Waals surface area contributed by atoms with Gasteiger partial charge in [0.25, 0.3) is 0 Å². The molecule has 0 aromatic heterocycles.